The Morgan fingerprint density at radius 2 is 2.44 bits per heavy atom. The Bertz CT molecular complexity index is 104. The molecule has 0 aromatic rings. The van der Waals surface area contributed by atoms with Crippen molar-refractivity contribution in [1.29, 1.82) is 0 Å². The van der Waals surface area contributed by atoms with Crippen LogP contribution in [0, 0.1) is 0 Å². The lowest BCUT2D eigenvalue weighted by atomic mass is 10.6. The van der Waals surface area contributed by atoms with Crippen molar-refractivity contribution in [2.45, 2.75) is 0 Å². The molecule has 0 aliphatic carbocycles. The molecule has 0 bridgehead atoms. The van der Waals surface area contributed by atoms with Crippen LogP contribution in [0.1, 0.15) is 0 Å². The van der Waals surface area contributed by atoms with E-state index in [0.29, 0.717) is 6.41 Å². The topological polar surface area (TPSA) is 67.4 Å². The maximum absolute atomic E-state index is 10.3. The second kappa shape index (κ2) is 5.04. The average Bonchev–Trinajstić information content (AvgIpc) is 1.85. The summed E-state index contributed by atoms with van der Waals surface area (Å²) in [6.45, 7) is -0.0582. The molecule has 0 unspecified atom stereocenters. The van der Waals surface area contributed by atoms with Gasteiger partial charge < -0.3 is 5.32 Å². The van der Waals surface area contributed by atoms with E-state index >= 15 is 0 Å². The maximum Gasteiger partial charge on any atom is 0.262 e. The fraction of sp³-hybridized carbons (Fsp3) is 0.500. The van der Waals surface area contributed by atoms with E-state index in [1.54, 1.807) is 0 Å². The number of rotatable bonds is 4. The lowest BCUT2D eigenvalue weighted by molar-refractivity contribution is -0.131. The van der Waals surface area contributed by atoms with Gasteiger partial charge in [0.15, 0.2) is 0 Å². The van der Waals surface area contributed by atoms with Gasteiger partial charge in [-0.15, -0.1) is 0 Å². The van der Waals surface area contributed by atoms with Crippen LogP contribution in [0.5, 0.6) is 0 Å². The zero-order chi connectivity index (χ0) is 7.11. The second-order valence-electron chi connectivity index (χ2n) is 1.23. The third-order valence-electron chi connectivity index (χ3n) is 0.562. The van der Waals surface area contributed by atoms with E-state index < -0.39 is 0 Å². The highest BCUT2D eigenvalue weighted by Crippen LogP contribution is 1.59. The SMILES string of the molecule is CONC(=O)CNC=O. The molecule has 0 saturated heterocycles. The number of nitrogens with one attached hydrogen (secondary N) is 2. The van der Waals surface area contributed by atoms with Gasteiger partial charge in [0.25, 0.3) is 5.91 Å². The number of carbonyl (C=O) groups excluding carboxylic acids is 2. The van der Waals surface area contributed by atoms with Gasteiger partial charge in [0.2, 0.25) is 6.41 Å². The molecule has 0 atom stereocenters. The van der Waals surface area contributed by atoms with Gasteiger partial charge in [0.1, 0.15) is 0 Å². The minimum Gasteiger partial charge on any atom is -0.350 e. The summed E-state index contributed by atoms with van der Waals surface area (Å²) in [6, 6.07) is 0. The van der Waals surface area contributed by atoms with Crippen LogP contribution in [-0.4, -0.2) is 26.0 Å². The Morgan fingerprint density at radius 1 is 1.78 bits per heavy atom. The summed E-state index contributed by atoms with van der Waals surface area (Å²) in [7, 11) is 1.32. The summed E-state index contributed by atoms with van der Waals surface area (Å²) in [5, 5.41) is 2.16. The molecule has 52 valence electrons. The number of hydroxylamine groups is 1. The van der Waals surface area contributed by atoms with E-state index in [-0.39, 0.29) is 12.5 Å². The van der Waals surface area contributed by atoms with Crippen LogP contribution in [0.25, 0.3) is 0 Å². The maximum atomic E-state index is 10.3. The number of amides is 2. The van der Waals surface area contributed by atoms with Gasteiger partial charge in [-0.25, -0.2) is 5.48 Å². The van der Waals surface area contributed by atoms with Gasteiger partial charge >= 0.3 is 0 Å². The first kappa shape index (κ1) is 7.90. The molecule has 9 heavy (non-hydrogen) atoms. The molecule has 5 heteroatoms. The van der Waals surface area contributed by atoms with Crippen molar-refractivity contribution in [3.8, 4) is 0 Å². The summed E-state index contributed by atoms with van der Waals surface area (Å²) in [6.07, 6.45) is 0.440. The standard InChI is InChI=1S/C4H8N2O3/c1-9-6-4(8)2-5-3-7/h3H,2H2,1H3,(H,5,7)(H,6,8). The van der Waals surface area contributed by atoms with Crippen LogP contribution in [0.2, 0.25) is 0 Å². The highest BCUT2D eigenvalue weighted by atomic mass is 16.6. The second-order valence-corrected chi connectivity index (χ2v) is 1.23. The molecular weight excluding hydrogens is 124 g/mol. The van der Waals surface area contributed by atoms with Gasteiger partial charge in [0.05, 0.1) is 13.7 Å². The molecule has 0 aromatic heterocycles. The molecule has 0 saturated carbocycles. The summed E-state index contributed by atoms with van der Waals surface area (Å²) in [5.74, 6) is -0.385. The monoisotopic (exact) mass is 132 g/mol. The van der Waals surface area contributed by atoms with E-state index in [4.69, 9.17) is 0 Å². The number of hydrogen-bond donors (Lipinski definition) is 2. The largest absolute Gasteiger partial charge is 0.350 e. The van der Waals surface area contributed by atoms with Crippen LogP contribution < -0.4 is 10.8 Å². The fourth-order valence-corrected chi connectivity index (χ4v) is 0.284. The van der Waals surface area contributed by atoms with Gasteiger partial charge in [-0.05, 0) is 0 Å². The molecule has 0 aromatic carbocycles. The van der Waals surface area contributed by atoms with Gasteiger partial charge in [-0.1, -0.05) is 0 Å². The van der Waals surface area contributed by atoms with E-state index in [9.17, 15) is 9.59 Å². The van der Waals surface area contributed by atoms with Crippen molar-refractivity contribution in [2.24, 2.45) is 0 Å². The first-order chi connectivity index (χ1) is 4.31. The van der Waals surface area contributed by atoms with E-state index in [1.165, 1.54) is 7.11 Å². The van der Waals surface area contributed by atoms with E-state index in [1.807, 2.05) is 5.48 Å². The zero-order valence-electron chi connectivity index (χ0n) is 5.01. The van der Waals surface area contributed by atoms with Crippen LogP contribution in [-0.2, 0) is 14.4 Å². The Labute approximate surface area is 52.3 Å². The third kappa shape index (κ3) is 4.76. The summed E-state index contributed by atoms with van der Waals surface area (Å²) < 4.78 is 0. The Morgan fingerprint density at radius 3 is 2.89 bits per heavy atom. The number of hydrogen-bond acceptors (Lipinski definition) is 3. The predicted octanol–water partition coefficient (Wildman–Crippen LogP) is -1.59. The molecule has 5 nitrogen and oxygen atoms in total. The molecular formula is C4H8N2O3. The summed E-state index contributed by atoms with van der Waals surface area (Å²) in [5.41, 5.74) is 2.02. The van der Waals surface area contributed by atoms with Gasteiger partial charge in [-0.3, -0.25) is 14.4 Å². The van der Waals surface area contributed by atoms with Crippen molar-refractivity contribution in [2.75, 3.05) is 13.7 Å². The van der Waals surface area contributed by atoms with Crippen molar-refractivity contribution < 1.29 is 14.4 Å². The Kier molecular flexibility index (Phi) is 4.43. The molecule has 2 N–H and O–H groups in total. The van der Waals surface area contributed by atoms with Crippen LogP contribution >= 0.6 is 0 Å². The van der Waals surface area contributed by atoms with Crippen molar-refractivity contribution in [3.05, 3.63) is 0 Å². The third-order valence-corrected chi connectivity index (χ3v) is 0.562. The van der Waals surface area contributed by atoms with Crippen molar-refractivity contribution in [1.82, 2.24) is 10.8 Å². The Balaban J connectivity index is 3.16. The number of carbonyl (C=O) groups is 2. The summed E-state index contributed by atoms with van der Waals surface area (Å²) in [4.78, 5) is 24.2. The molecule has 0 aliphatic heterocycles. The Hall–Kier alpha value is -1.10. The normalized spacial score (nSPS) is 8.11. The predicted molar refractivity (Wildman–Crippen MR) is 29.2 cm³/mol. The first-order valence-corrected chi connectivity index (χ1v) is 2.30. The average molecular weight is 132 g/mol. The smallest absolute Gasteiger partial charge is 0.262 e. The quantitative estimate of drug-likeness (QED) is 0.358. The van der Waals surface area contributed by atoms with E-state index in [2.05, 4.69) is 10.2 Å². The van der Waals surface area contributed by atoms with Crippen molar-refractivity contribution in [3.63, 3.8) is 0 Å². The lowest BCUT2D eigenvalue weighted by Gasteiger charge is -1.98. The first-order valence-electron chi connectivity index (χ1n) is 2.30. The molecule has 0 radical (unpaired) electrons. The zero-order valence-corrected chi connectivity index (χ0v) is 5.01. The summed E-state index contributed by atoms with van der Waals surface area (Å²) >= 11 is 0. The van der Waals surface area contributed by atoms with Crippen LogP contribution in [0.15, 0.2) is 0 Å². The van der Waals surface area contributed by atoms with Crippen molar-refractivity contribution >= 4 is 12.3 Å². The minimum absolute atomic E-state index is 0.0582. The minimum atomic E-state index is -0.385. The molecule has 0 heterocycles. The highest BCUT2D eigenvalue weighted by Gasteiger charge is 1.94. The molecule has 2 amide bonds. The fourth-order valence-electron chi connectivity index (χ4n) is 0.284. The van der Waals surface area contributed by atoms with Crippen LogP contribution in [0.3, 0.4) is 0 Å². The molecule has 0 rings (SSSR count). The highest BCUT2D eigenvalue weighted by molar-refractivity contribution is 5.78. The lowest BCUT2D eigenvalue weighted by Crippen LogP contribution is -2.32. The van der Waals surface area contributed by atoms with E-state index in [0.717, 1.165) is 0 Å². The molecule has 0 aliphatic rings. The molecule has 0 fully saturated rings. The van der Waals surface area contributed by atoms with Gasteiger partial charge in [0, 0.05) is 0 Å². The molecule has 0 spiro atoms. The van der Waals surface area contributed by atoms with Gasteiger partial charge in [-0.2, -0.15) is 0 Å². The van der Waals surface area contributed by atoms with Crippen LogP contribution in [0.4, 0.5) is 0 Å².